The molecule has 3 heterocycles. The highest BCUT2D eigenvalue weighted by molar-refractivity contribution is 7.16. The molecular weight excluding hydrogens is 392 g/mol. The van der Waals surface area contributed by atoms with Crippen molar-refractivity contribution in [2.75, 3.05) is 36.4 Å². The Labute approximate surface area is 171 Å². The highest BCUT2D eigenvalue weighted by Crippen LogP contribution is 2.28. The second kappa shape index (κ2) is 8.10. The lowest BCUT2D eigenvalue weighted by atomic mass is 10.2. The number of benzene rings is 1. The molecule has 1 unspecified atom stereocenters. The summed E-state index contributed by atoms with van der Waals surface area (Å²) in [6, 6.07) is 7.80. The Morgan fingerprint density at radius 1 is 1.21 bits per heavy atom. The van der Waals surface area contributed by atoms with Crippen molar-refractivity contribution < 1.29 is 9.72 Å². The van der Waals surface area contributed by atoms with Gasteiger partial charge in [-0.05, 0) is 24.4 Å². The average Bonchev–Trinajstić information content (AvgIpc) is 3.22. The van der Waals surface area contributed by atoms with E-state index in [9.17, 15) is 14.9 Å². The molecule has 0 aliphatic carbocycles. The van der Waals surface area contributed by atoms with Gasteiger partial charge in [0.25, 0.3) is 5.69 Å². The number of aromatic nitrogens is 2. The third kappa shape index (κ3) is 3.89. The molecule has 1 fully saturated rings. The average molecular weight is 412 g/mol. The second-order valence-corrected chi connectivity index (χ2v) is 7.69. The number of carbonyl (C=O) groups excluding carboxylic acids is 1. The van der Waals surface area contributed by atoms with Crippen molar-refractivity contribution in [1.29, 1.82) is 0 Å². The van der Waals surface area contributed by atoms with Gasteiger partial charge >= 0.3 is 0 Å². The topological polar surface area (TPSA) is 104 Å². The van der Waals surface area contributed by atoms with Gasteiger partial charge in [0.2, 0.25) is 5.91 Å². The number of nitrogens with one attached hydrogen (secondary N) is 1. The predicted octanol–water partition coefficient (Wildman–Crippen LogP) is 2.75. The minimum atomic E-state index is -0.494. The first-order valence-electron chi connectivity index (χ1n) is 9.26. The number of hydrogen-bond donors (Lipinski definition) is 1. The van der Waals surface area contributed by atoms with Gasteiger partial charge in [0.15, 0.2) is 0 Å². The van der Waals surface area contributed by atoms with Gasteiger partial charge in [-0.15, -0.1) is 11.3 Å². The lowest BCUT2D eigenvalue weighted by Gasteiger charge is -2.38. The fraction of sp³-hybridized carbons (Fsp3) is 0.316. The SMILES string of the molecule is CC(C(=O)Nc1ccccc1[N+](=O)[O-])N1CCN(c2ncnc3sccc23)CC1. The van der Waals surface area contributed by atoms with Crippen LogP contribution in [0.3, 0.4) is 0 Å². The molecule has 2 aromatic heterocycles. The van der Waals surface area contributed by atoms with Crippen molar-refractivity contribution in [2.24, 2.45) is 0 Å². The van der Waals surface area contributed by atoms with Crippen molar-refractivity contribution in [3.63, 3.8) is 0 Å². The number of rotatable bonds is 5. The summed E-state index contributed by atoms with van der Waals surface area (Å²) in [5.74, 6) is 0.669. The van der Waals surface area contributed by atoms with Crippen LogP contribution in [0.5, 0.6) is 0 Å². The number of nitro benzene ring substituents is 1. The molecule has 1 aliphatic rings. The number of fused-ring (bicyclic) bond motifs is 1. The molecule has 0 bridgehead atoms. The van der Waals surface area contributed by atoms with Gasteiger partial charge in [0, 0.05) is 32.2 Å². The molecule has 0 saturated carbocycles. The molecule has 1 aliphatic heterocycles. The molecule has 0 spiro atoms. The first kappa shape index (κ1) is 19.2. The molecule has 150 valence electrons. The van der Waals surface area contributed by atoms with Crippen LogP contribution in [-0.2, 0) is 4.79 Å². The van der Waals surface area contributed by atoms with E-state index in [0.29, 0.717) is 13.1 Å². The zero-order chi connectivity index (χ0) is 20.4. The first-order valence-corrected chi connectivity index (χ1v) is 10.1. The number of piperazine rings is 1. The molecule has 9 nitrogen and oxygen atoms in total. The van der Waals surface area contributed by atoms with E-state index in [2.05, 4.69) is 25.1 Å². The summed E-state index contributed by atoms with van der Waals surface area (Å²) in [5.41, 5.74) is 0.107. The summed E-state index contributed by atoms with van der Waals surface area (Å²) < 4.78 is 0. The number of para-hydroxylation sites is 2. The quantitative estimate of drug-likeness (QED) is 0.507. The van der Waals surface area contributed by atoms with Gasteiger partial charge in [-0.3, -0.25) is 19.8 Å². The van der Waals surface area contributed by atoms with Gasteiger partial charge in [-0.25, -0.2) is 9.97 Å². The van der Waals surface area contributed by atoms with Crippen LogP contribution in [-0.4, -0.2) is 57.9 Å². The summed E-state index contributed by atoms with van der Waals surface area (Å²) >= 11 is 1.59. The van der Waals surface area contributed by atoms with Crippen LogP contribution in [0.25, 0.3) is 10.2 Å². The minimum absolute atomic E-state index is 0.110. The van der Waals surface area contributed by atoms with Crippen molar-refractivity contribution in [2.45, 2.75) is 13.0 Å². The van der Waals surface area contributed by atoms with Crippen LogP contribution in [0.1, 0.15) is 6.92 Å². The zero-order valence-corrected chi connectivity index (χ0v) is 16.6. The van der Waals surface area contributed by atoms with Gasteiger partial charge < -0.3 is 10.2 Å². The Kier molecular flexibility index (Phi) is 5.36. The Hall–Kier alpha value is -3.11. The van der Waals surface area contributed by atoms with Crippen LogP contribution in [0.15, 0.2) is 42.0 Å². The molecule has 29 heavy (non-hydrogen) atoms. The molecule has 4 rings (SSSR count). The van der Waals surface area contributed by atoms with Gasteiger partial charge in [-0.1, -0.05) is 12.1 Å². The maximum Gasteiger partial charge on any atom is 0.292 e. The number of amides is 1. The lowest BCUT2D eigenvalue weighted by Crippen LogP contribution is -2.53. The van der Waals surface area contributed by atoms with Crippen molar-refractivity contribution in [1.82, 2.24) is 14.9 Å². The predicted molar refractivity (Wildman–Crippen MR) is 112 cm³/mol. The van der Waals surface area contributed by atoms with Crippen LogP contribution < -0.4 is 10.2 Å². The third-order valence-corrected chi connectivity index (χ3v) is 5.96. The summed E-state index contributed by atoms with van der Waals surface area (Å²) in [4.78, 5) is 37.3. The number of hydrogen-bond acceptors (Lipinski definition) is 8. The normalized spacial score (nSPS) is 16.0. The van der Waals surface area contributed by atoms with E-state index in [1.54, 1.807) is 35.9 Å². The van der Waals surface area contributed by atoms with Crippen molar-refractivity contribution >= 4 is 44.7 Å². The highest BCUT2D eigenvalue weighted by Gasteiger charge is 2.28. The lowest BCUT2D eigenvalue weighted by molar-refractivity contribution is -0.383. The van der Waals surface area contributed by atoms with E-state index in [1.165, 1.54) is 6.07 Å². The molecule has 1 atom stereocenters. The van der Waals surface area contributed by atoms with Gasteiger partial charge in [0.05, 0.1) is 16.4 Å². The third-order valence-electron chi connectivity index (χ3n) is 5.14. The number of nitrogens with zero attached hydrogens (tertiary/aromatic N) is 5. The van der Waals surface area contributed by atoms with E-state index >= 15 is 0 Å². The highest BCUT2D eigenvalue weighted by atomic mass is 32.1. The molecule has 1 amide bonds. The maximum atomic E-state index is 12.7. The molecule has 10 heteroatoms. The monoisotopic (exact) mass is 412 g/mol. The summed E-state index contributed by atoms with van der Waals surface area (Å²) in [6.07, 6.45) is 1.59. The van der Waals surface area contributed by atoms with E-state index in [4.69, 9.17) is 0 Å². The standard InChI is InChI=1S/C19H20N6O3S/c1-13(18(26)22-15-4-2-3-5-16(15)25(27)28)23-7-9-24(10-8-23)17-14-6-11-29-19(14)21-12-20-17/h2-6,11-13H,7-10H2,1H3,(H,22,26). The molecule has 0 radical (unpaired) electrons. The fourth-order valence-corrected chi connectivity index (χ4v) is 4.22. The van der Waals surface area contributed by atoms with E-state index < -0.39 is 11.0 Å². The largest absolute Gasteiger partial charge is 0.353 e. The molecule has 1 saturated heterocycles. The number of carbonyl (C=O) groups is 1. The summed E-state index contributed by atoms with van der Waals surface area (Å²) in [6.45, 7) is 4.69. The van der Waals surface area contributed by atoms with Crippen LogP contribution in [0.4, 0.5) is 17.2 Å². The Bertz CT molecular complexity index is 1050. The zero-order valence-electron chi connectivity index (χ0n) is 15.8. The maximum absolute atomic E-state index is 12.7. The Morgan fingerprint density at radius 3 is 2.72 bits per heavy atom. The first-order chi connectivity index (χ1) is 14.0. The molecule has 3 aromatic rings. The Morgan fingerprint density at radius 2 is 1.97 bits per heavy atom. The Balaban J connectivity index is 1.40. The molecule has 1 N–H and O–H groups in total. The smallest absolute Gasteiger partial charge is 0.292 e. The van der Waals surface area contributed by atoms with Crippen molar-refractivity contribution in [3.05, 3.63) is 52.2 Å². The minimum Gasteiger partial charge on any atom is -0.353 e. The van der Waals surface area contributed by atoms with Gasteiger partial charge in [0.1, 0.15) is 22.7 Å². The van der Waals surface area contributed by atoms with E-state index in [1.807, 2.05) is 18.4 Å². The molecule has 1 aromatic carbocycles. The number of thiophene rings is 1. The summed E-state index contributed by atoms with van der Waals surface area (Å²) in [5, 5.41) is 16.9. The van der Waals surface area contributed by atoms with Crippen LogP contribution in [0, 0.1) is 10.1 Å². The van der Waals surface area contributed by atoms with Gasteiger partial charge in [-0.2, -0.15) is 0 Å². The van der Waals surface area contributed by atoms with E-state index in [-0.39, 0.29) is 17.3 Å². The fourth-order valence-electron chi connectivity index (χ4n) is 3.49. The second-order valence-electron chi connectivity index (χ2n) is 6.80. The van der Waals surface area contributed by atoms with Crippen molar-refractivity contribution in [3.8, 4) is 0 Å². The summed E-state index contributed by atoms with van der Waals surface area (Å²) in [7, 11) is 0. The van der Waals surface area contributed by atoms with E-state index in [0.717, 1.165) is 29.1 Å². The van der Waals surface area contributed by atoms with Crippen LogP contribution >= 0.6 is 11.3 Å². The molecular formula is C19H20N6O3S. The number of anilines is 2. The number of nitro groups is 1. The van der Waals surface area contributed by atoms with Crippen LogP contribution in [0.2, 0.25) is 0 Å².